The highest BCUT2D eigenvalue weighted by atomic mass is 32.2. The molecule has 1 amide bonds. The lowest BCUT2D eigenvalue weighted by Crippen LogP contribution is -2.56. The van der Waals surface area contributed by atoms with Crippen molar-refractivity contribution in [2.45, 2.75) is 17.8 Å². The van der Waals surface area contributed by atoms with Crippen LogP contribution in [0.2, 0.25) is 0 Å². The Bertz CT molecular complexity index is 890. The summed E-state index contributed by atoms with van der Waals surface area (Å²) < 4.78 is 11.6. The molecule has 2 aromatic rings. The molecule has 3 rings (SSSR count). The first-order chi connectivity index (χ1) is 14.9. The van der Waals surface area contributed by atoms with E-state index < -0.39 is 0 Å². The van der Waals surface area contributed by atoms with Crippen molar-refractivity contribution in [2.24, 2.45) is 0 Å². The van der Waals surface area contributed by atoms with E-state index in [0.29, 0.717) is 36.2 Å². The number of benzene rings is 2. The minimum atomic E-state index is -0.0158. The average Bonchev–Trinajstić information content (AvgIpc) is 2.69. The van der Waals surface area contributed by atoms with E-state index in [1.165, 1.54) is 0 Å². The quantitative estimate of drug-likeness (QED) is 0.432. The molecule has 168 valence electrons. The Morgan fingerprint density at radius 3 is 2.71 bits per heavy atom. The van der Waals surface area contributed by atoms with Gasteiger partial charge in [-0.15, -0.1) is 9.24 Å². The Hall–Kier alpha value is -1.95. The van der Waals surface area contributed by atoms with Gasteiger partial charge in [0.2, 0.25) is 5.91 Å². The fourth-order valence-electron chi connectivity index (χ4n) is 3.68. The Labute approximate surface area is 191 Å². The Balaban J connectivity index is 1.59. The topological polar surface area (TPSA) is 68.0 Å². The van der Waals surface area contributed by atoms with Gasteiger partial charge in [0.05, 0.1) is 20.2 Å². The van der Waals surface area contributed by atoms with Gasteiger partial charge < -0.3 is 25.0 Å². The first-order valence-corrected chi connectivity index (χ1v) is 12.2. The van der Waals surface area contributed by atoms with Crippen LogP contribution in [0.3, 0.4) is 0 Å². The van der Waals surface area contributed by atoms with Crippen LogP contribution in [0, 0.1) is 0 Å². The third-order valence-electron chi connectivity index (χ3n) is 5.15. The van der Waals surface area contributed by atoms with E-state index in [0.717, 1.165) is 28.9 Å². The van der Waals surface area contributed by atoms with Crippen molar-refractivity contribution >= 4 is 32.6 Å². The van der Waals surface area contributed by atoms with E-state index in [4.69, 9.17) is 15.2 Å². The molecule has 0 saturated carbocycles. The van der Waals surface area contributed by atoms with E-state index in [1.807, 2.05) is 73.2 Å². The number of carbonyl (C=O) groups is 1. The lowest BCUT2D eigenvalue weighted by atomic mass is 10.0. The number of rotatable bonds is 10. The molecule has 1 aliphatic heterocycles. The van der Waals surface area contributed by atoms with Crippen molar-refractivity contribution in [1.82, 2.24) is 9.80 Å². The molecule has 0 spiro atoms. The van der Waals surface area contributed by atoms with E-state index in [1.54, 1.807) is 7.11 Å². The van der Waals surface area contributed by atoms with Crippen molar-refractivity contribution in [3.63, 3.8) is 0 Å². The monoisotopic (exact) mass is 461 g/mol. The number of nitrogen functional groups attached to an aromatic ring is 1. The zero-order chi connectivity index (χ0) is 22.4. The Morgan fingerprint density at radius 1 is 1.29 bits per heavy atom. The van der Waals surface area contributed by atoms with Crippen LogP contribution in [0.5, 0.6) is 11.5 Å². The van der Waals surface area contributed by atoms with E-state index >= 15 is 0 Å². The number of likely N-dealkylation sites (tertiary alicyclic amines) is 1. The van der Waals surface area contributed by atoms with Gasteiger partial charge in [0.25, 0.3) is 0 Å². The van der Waals surface area contributed by atoms with Crippen LogP contribution in [-0.4, -0.2) is 73.4 Å². The van der Waals surface area contributed by atoms with Crippen LogP contribution in [0.1, 0.15) is 6.42 Å². The molecule has 0 bridgehead atoms. The molecule has 2 aromatic carbocycles. The number of carbonyl (C=O) groups excluding carboxylic acids is 1. The predicted octanol–water partition coefficient (Wildman–Crippen LogP) is 3.42. The van der Waals surface area contributed by atoms with Crippen molar-refractivity contribution in [3.8, 4) is 22.6 Å². The molecule has 1 aliphatic rings. The molecule has 31 heavy (non-hydrogen) atoms. The molecular formula is C23H32N3O3PS. The van der Waals surface area contributed by atoms with Crippen molar-refractivity contribution < 1.29 is 14.3 Å². The molecule has 8 heteroatoms. The first-order valence-electron chi connectivity index (χ1n) is 10.3. The Kier molecular flexibility index (Phi) is 8.47. The summed E-state index contributed by atoms with van der Waals surface area (Å²) >= 11 is 1.81. The largest absolute Gasteiger partial charge is 0.496 e. The number of para-hydroxylation sites is 1. The van der Waals surface area contributed by atoms with Crippen molar-refractivity contribution in [2.75, 3.05) is 52.1 Å². The number of amides is 1. The van der Waals surface area contributed by atoms with Crippen LogP contribution in [0.15, 0.2) is 42.5 Å². The second-order valence-corrected chi connectivity index (χ2v) is 10.3. The second kappa shape index (κ2) is 11.1. The van der Waals surface area contributed by atoms with Gasteiger partial charge in [-0.05, 0) is 37.9 Å². The summed E-state index contributed by atoms with van der Waals surface area (Å²) in [4.78, 5) is 16.7. The maximum absolute atomic E-state index is 12.7. The van der Waals surface area contributed by atoms with E-state index in [9.17, 15) is 4.79 Å². The fourth-order valence-corrected chi connectivity index (χ4v) is 5.43. The smallest absolute Gasteiger partial charge is 0.223 e. The first kappa shape index (κ1) is 23.7. The summed E-state index contributed by atoms with van der Waals surface area (Å²) in [5, 5.41) is 0.303. The summed E-state index contributed by atoms with van der Waals surface area (Å²) in [5.41, 5.74) is 9.60. The molecule has 1 fully saturated rings. The van der Waals surface area contributed by atoms with E-state index in [2.05, 4.69) is 14.1 Å². The maximum Gasteiger partial charge on any atom is 0.223 e. The van der Waals surface area contributed by atoms with Crippen molar-refractivity contribution in [3.05, 3.63) is 42.5 Å². The minimum absolute atomic E-state index is 0.0158. The van der Waals surface area contributed by atoms with Gasteiger partial charge in [-0.2, -0.15) is 11.8 Å². The molecule has 0 aliphatic carbocycles. The summed E-state index contributed by atoms with van der Waals surface area (Å²) in [6, 6.07) is 13.5. The summed E-state index contributed by atoms with van der Waals surface area (Å²) in [5.74, 6) is 1.69. The molecule has 1 heterocycles. The standard InChI is InChI=1S/C23H32N3O3PS/c1-25(2)14-20(31-15-30)11-23(27)26-12-19(13-26)29-18-9-16(8-17(24)10-18)21-6-4-5-7-22(21)28-3/h4-10,19-20H,11-15,24,30H2,1-3H3. The highest BCUT2D eigenvalue weighted by Crippen LogP contribution is 2.34. The van der Waals surface area contributed by atoms with Gasteiger partial charge in [-0.3, -0.25) is 4.79 Å². The predicted molar refractivity (Wildman–Crippen MR) is 133 cm³/mol. The third-order valence-corrected chi connectivity index (χ3v) is 6.71. The van der Waals surface area contributed by atoms with E-state index in [-0.39, 0.29) is 12.0 Å². The molecule has 6 nitrogen and oxygen atoms in total. The maximum atomic E-state index is 12.7. The number of hydrogen-bond donors (Lipinski definition) is 1. The van der Waals surface area contributed by atoms with Crippen LogP contribution in [0.25, 0.3) is 11.1 Å². The minimum Gasteiger partial charge on any atom is -0.496 e. The van der Waals surface area contributed by atoms with Gasteiger partial charge in [0, 0.05) is 41.0 Å². The number of nitrogens with two attached hydrogens (primary N) is 1. The number of nitrogens with zero attached hydrogens (tertiary/aromatic N) is 2. The SMILES string of the molecule is COc1ccccc1-c1cc(N)cc(OC2CN(C(=O)CC(CN(C)C)SCP)C2)c1. The number of methoxy groups -OCH3 is 1. The highest BCUT2D eigenvalue weighted by Gasteiger charge is 2.33. The van der Waals surface area contributed by atoms with Crippen LogP contribution >= 0.6 is 21.0 Å². The third kappa shape index (κ3) is 6.52. The molecule has 1 saturated heterocycles. The van der Waals surface area contributed by atoms with Gasteiger partial charge in [-0.25, -0.2) is 0 Å². The van der Waals surface area contributed by atoms with Gasteiger partial charge in [0.15, 0.2) is 0 Å². The van der Waals surface area contributed by atoms with Crippen molar-refractivity contribution in [1.29, 1.82) is 0 Å². The van der Waals surface area contributed by atoms with Crippen LogP contribution in [-0.2, 0) is 4.79 Å². The molecule has 2 unspecified atom stereocenters. The number of anilines is 1. The summed E-state index contributed by atoms with van der Waals surface area (Å²) in [7, 11) is 8.46. The zero-order valence-corrected chi connectivity index (χ0v) is 20.4. The molecule has 2 atom stereocenters. The lowest BCUT2D eigenvalue weighted by molar-refractivity contribution is -0.140. The normalized spacial score (nSPS) is 14.9. The molecular weight excluding hydrogens is 429 g/mol. The van der Waals surface area contributed by atoms with Gasteiger partial charge in [0.1, 0.15) is 17.6 Å². The molecule has 2 N–H and O–H groups in total. The average molecular weight is 462 g/mol. The van der Waals surface area contributed by atoms with Crippen LogP contribution in [0.4, 0.5) is 5.69 Å². The number of thioether (sulfide) groups is 1. The Morgan fingerprint density at radius 2 is 2.03 bits per heavy atom. The van der Waals surface area contributed by atoms with Crippen LogP contribution < -0.4 is 15.2 Å². The number of ether oxygens (including phenoxy) is 2. The summed E-state index contributed by atoms with van der Waals surface area (Å²) in [6.45, 7) is 2.11. The number of hydrogen-bond acceptors (Lipinski definition) is 6. The zero-order valence-electron chi connectivity index (χ0n) is 18.4. The molecule has 0 radical (unpaired) electrons. The fraction of sp³-hybridized carbons (Fsp3) is 0.435. The van der Waals surface area contributed by atoms with Gasteiger partial charge in [-0.1, -0.05) is 18.2 Å². The lowest BCUT2D eigenvalue weighted by Gasteiger charge is -2.39. The molecule has 0 aromatic heterocycles. The second-order valence-electron chi connectivity index (χ2n) is 7.95. The van der Waals surface area contributed by atoms with Gasteiger partial charge >= 0.3 is 0 Å². The summed E-state index contributed by atoms with van der Waals surface area (Å²) in [6.07, 6.45) is 0.540. The highest BCUT2D eigenvalue weighted by molar-refractivity contribution is 8.02.